The van der Waals surface area contributed by atoms with E-state index < -0.39 is 0 Å². The molecule has 1 aliphatic heterocycles. The highest BCUT2D eigenvalue weighted by molar-refractivity contribution is 5.85. The normalized spacial score (nSPS) is 22.1. The van der Waals surface area contributed by atoms with Crippen LogP contribution in [0.3, 0.4) is 0 Å². The fourth-order valence-corrected chi connectivity index (χ4v) is 2.77. The van der Waals surface area contributed by atoms with Crippen LogP contribution < -0.4 is 5.32 Å². The lowest BCUT2D eigenvalue weighted by molar-refractivity contribution is 0.231. The molecule has 6 heteroatoms. The van der Waals surface area contributed by atoms with Crippen molar-refractivity contribution in [2.45, 2.75) is 44.3 Å². The van der Waals surface area contributed by atoms with E-state index in [4.69, 9.17) is 0 Å². The zero-order chi connectivity index (χ0) is 11.7. The lowest BCUT2D eigenvalue weighted by atomic mass is 10.2. The van der Waals surface area contributed by atoms with Crippen LogP contribution in [0.15, 0.2) is 12.4 Å². The third kappa shape index (κ3) is 4.63. The first-order chi connectivity index (χ1) is 8.31. The molecule has 4 nitrogen and oxygen atoms in total. The van der Waals surface area contributed by atoms with E-state index in [2.05, 4.69) is 21.5 Å². The molecule has 1 aromatic rings. The monoisotopic (exact) mass is 306 g/mol. The highest BCUT2D eigenvalue weighted by Gasteiger charge is 2.31. The lowest BCUT2D eigenvalue weighted by Gasteiger charge is -2.24. The third-order valence-electron chi connectivity index (χ3n) is 3.82. The maximum Gasteiger partial charge on any atom is 0.0534 e. The van der Waals surface area contributed by atoms with Crippen molar-refractivity contribution in [1.29, 1.82) is 0 Å². The molecule has 1 unspecified atom stereocenters. The molecule has 0 amide bonds. The Bertz CT molecular complexity index is 372. The van der Waals surface area contributed by atoms with Gasteiger partial charge < -0.3 is 5.32 Å². The summed E-state index contributed by atoms with van der Waals surface area (Å²) in [7, 11) is 1.99. The molecule has 0 radical (unpaired) electrons. The summed E-state index contributed by atoms with van der Waals surface area (Å²) in [6.07, 6.45) is 9.58. The molecule has 1 saturated heterocycles. The number of halogens is 2. The Morgan fingerprint density at radius 3 is 2.68 bits per heavy atom. The van der Waals surface area contributed by atoms with E-state index >= 15 is 0 Å². The zero-order valence-corrected chi connectivity index (χ0v) is 13.1. The first-order valence-corrected chi connectivity index (χ1v) is 6.76. The molecule has 0 bridgehead atoms. The SMILES string of the molecule is Cl.Cl.Cn1cc(CN(CC2CCCN2)C2CC2)cn1. The van der Waals surface area contributed by atoms with E-state index in [1.54, 1.807) is 0 Å². The van der Waals surface area contributed by atoms with E-state index in [-0.39, 0.29) is 24.8 Å². The van der Waals surface area contributed by atoms with Gasteiger partial charge in [-0.25, -0.2) is 0 Å². The van der Waals surface area contributed by atoms with Gasteiger partial charge in [0, 0.05) is 44.0 Å². The molecule has 19 heavy (non-hydrogen) atoms. The average molecular weight is 307 g/mol. The van der Waals surface area contributed by atoms with Gasteiger partial charge in [0.2, 0.25) is 0 Å². The van der Waals surface area contributed by atoms with Gasteiger partial charge in [-0.1, -0.05) is 0 Å². The second-order valence-electron chi connectivity index (χ2n) is 5.48. The van der Waals surface area contributed by atoms with Crippen molar-refractivity contribution in [3.05, 3.63) is 18.0 Å². The molecule has 1 saturated carbocycles. The van der Waals surface area contributed by atoms with Crippen molar-refractivity contribution < 1.29 is 0 Å². The van der Waals surface area contributed by atoms with E-state index in [0.29, 0.717) is 6.04 Å². The first kappa shape index (κ1) is 16.8. The maximum absolute atomic E-state index is 4.26. The van der Waals surface area contributed by atoms with Gasteiger partial charge >= 0.3 is 0 Å². The molecule has 1 N–H and O–H groups in total. The summed E-state index contributed by atoms with van der Waals surface area (Å²) in [4.78, 5) is 2.64. The minimum Gasteiger partial charge on any atom is -0.313 e. The van der Waals surface area contributed by atoms with E-state index in [1.165, 1.54) is 44.3 Å². The molecule has 1 aliphatic carbocycles. The van der Waals surface area contributed by atoms with Gasteiger partial charge in [-0.2, -0.15) is 5.10 Å². The summed E-state index contributed by atoms with van der Waals surface area (Å²) in [5.74, 6) is 0. The Balaban J connectivity index is 0.000000902. The second-order valence-corrected chi connectivity index (χ2v) is 5.48. The summed E-state index contributed by atoms with van der Waals surface area (Å²) in [5, 5.41) is 7.85. The Morgan fingerprint density at radius 2 is 2.16 bits per heavy atom. The van der Waals surface area contributed by atoms with Crippen LogP contribution in [0.4, 0.5) is 0 Å². The zero-order valence-electron chi connectivity index (χ0n) is 11.4. The Kier molecular flexibility index (Phi) is 6.60. The summed E-state index contributed by atoms with van der Waals surface area (Å²) in [5.41, 5.74) is 1.34. The van der Waals surface area contributed by atoms with Gasteiger partial charge in [0.05, 0.1) is 6.20 Å². The van der Waals surface area contributed by atoms with Crippen LogP contribution in [0.25, 0.3) is 0 Å². The van der Waals surface area contributed by atoms with Gasteiger partial charge in [-0.3, -0.25) is 9.58 Å². The topological polar surface area (TPSA) is 33.1 Å². The van der Waals surface area contributed by atoms with Crippen molar-refractivity contribution in [2.75, 3.05) is 13.1 Å². The standard InChI is InChI=1S/C13H22N4.2ClH/c1-16-8-11(7-15-16)9-17(13-4-5-13)10-12-3-2-6-14-12;;/h7-8,12-14H,2-6,9-10H2,1H3;2*1H. The van der Waals surface area contributed by atoms with E-state index in [9.17, 15) is 0 Å². The van der Waals surface area contributed by atoms with Crippen LogP contribution in [0.2, 0.25) is 0 Å². The van der Waals surface area contributed by atoms with Gasteiger partial charge in [-0.05, 0) is 32.2 Å². The Hall–Kier alpha value is -0.290. The van der Waals surface area contributed by atoms with Crippen molar-refractivity contribution >= 4 is 24.8 Å². The largest absolute Gasteiger partial charge is 0.313 e. The fourth-order valence-electron chi connectivity index (χ4n) is 2.77. The minimum absolute atomic E-state index is 0. The van der Waals surface area contributed by atoms with E-state index in [1.807, 2.05) is 17.9 Å². The fraction of sp³-hybridized carbons (Fsp3) is 0.769. The quantitative estimate of drug-likeness (QED) is 0.903. The smallest absolute Gasteiger partial charge is 0.0534 e. The molecule has 1 atom stereocenters. The van der Waals surface area contributed by atoms with Crippen LogP contribution in [-0.2, 0) is 13.6 Å². The molecular formula is C13H24Cl2N4. The predicted molar refractivity (Wildman–Crippen MR) is 82.2 cm³/mol. The van der Waals surface area contributed by atoms with Gasteiger partial charge in [0.25, 0.3) is 0 Å². The van der Waals surface area contributed by atoms with Crippen LogP contribution in [-0.4, -0.2) is 39.9 Å². The number of hydrogen-bond acceptors (Lipinski definition) is 3. The van der Waals surface area contributed by atoms with E-state index in [0.717, 1.165) is 12.6 Å². The molecular weight excluding hydrogens is 283 g/mol. The molecule has 0 spiro atoms. The van der Waals surface area contributed by atoms with Gasteiger partial charge in [-0.15, -0.1) is 24.8 Å². The average Bonchev–Trinajstić information content (AvgIpc) is 2.89. The number of aromatic nitrogens is 2. The molecule has 0 aromatic carbocycles. The van der Waals surface area contributed by atoms with Crippen molar-refractivity contribution in [3.8, 4) is 0 Å². The van der Waals surface area contributed by atoms with Gasteiger partial charge in [0.1, 0.15) is 0 Å². The Labute approximate surface area is 127 Å². The molecule has 110 valence electrons. The lowest BCUT2D eigenvalue weighted by Crippen LogP contribution is -2.38. The van der Waals surface area contributed by atoms with Crippen molar-refractivity contribution in [3.63, 3.8) is 0 Å². The summed E-state index contributed by atoms with van der Waals surface area (Å²) in [6, 6.07) is 1.55. The number of rotatable bonds is 5. The number of nitrogens with one attached hydrogen (secondary N) is 1. The second kappa shape index (κ2) is 7.48. The highest BCUT2D eigenvalue weighted by Crippen LogP contribution is 2.29. The van der Waals surface area contributed by atoms with Crippen molar-refractivity contribution in [2.24, 2.45) is 7.05 Å². The molecule has 2 aliphatic rings. The van der Waals surface area contributed by atoms with Crippen LogP contribution in [0, 0.1) is 0 Å². The predicted octanol–water partition coefficient (Wildman–Crippen LogP) is 1.98. The highest BCUT2D eigenvalue weighted by atomic mass is 35.5. The van der Waals surface area contributed by atoms with Crippen LogP contribution in [0.1, 0.15) is 31.2 Å². The van der Waals surface area contributed by atoms with Gasteiger partial charge in [0.15, 0.2) is 0 Å². The summed E-state index contributed by atoms with van der Waals surface area (Å²) in [6.45, 7) is 3.48. The molecule has 3 rings (SSSR count). The van der Waals surface area contributed by atoms with Crippen molar-refractivity contribution in [1.82, 2.24) is 20.0 Å². The first-order valence-electron chi connectivity index (χ1n) is 6.76. The summed E-state index contributed by atoms with van der Waals surface area (Å²) >= 11 is 0. The number of aryl methyl sites for hydroxylation is 1. The minimum atomic E-state index is 0. The molecule has 2 fully saturated rings. The molecule has 1 aromatic heterocycles. The number of nitrogens with zero attached hydrogens (tertiary/aromatic N) is 3. The molecule has 2 heterocycles. The Morgan fingerprint density at radius 1 is 1.37 bits per heavy atom. The maximum atomic E-state index is 4.26. The third-order valence-corrected chi connectivity index (χ3v) is 3.82. The summed E-state index contributed by atoms with van der Waals surface area (Å²) < 4.78 is 1.90. The van der Waals surface area contributed by atoms with Crippen LogP contribution in [0.5, 0.6) is 0 Å². The van der Waals surface area contributed by atoms with Crippen LogP contribution >= 0.6 is 24.8 Å². The number of hydrogen-bond donors (Lipinski definition) is 1.